The Hall–Kier alpha value is -3.60. The Bertz CT molecular complexity index is 943. The van der Waals surface area contributed by atoms with E-state index < -0.39 is 24.3 Å². The van der Waals surface area contributed by atoms with Crippen molar-refractivity contribution in [3.8, 4) is 0 Å². The summed E-state index contributed by atoms with van der Waals surface area (Å²) in [6, 6.07) is 37.4. The topological polar surface area (TPSA) is 52.6 Å². The van der Waals surface area contributed by atoms with Crippen LogP contribution in [0.2, 0.25) is 0 Å². The molecule has 1 aliphatic rings. The van der Waals surface area contributed by atoms with Crippen molar-refractivity contribution >= 4 is 22.7 Å². The van der Waals surface area contributed by atoms with Crippen molar-refractivity contribution in [2.45, 2.75) is 24.3 Å². The second-order valence-corrected chi connectivity index (χ2v) is 7.99. The highest BCUT2D eigenvalue weighted by Gasteiger charge is 2.44. The quantitative estimate of drug-likeness (QED) is 0.475. The number of benzene rings is 4. The van der Waals surface area contributed by atoms with E-state index in [2.05, 4.69) is 0 Å². The minimum atomic E-state index is -1.08. The molecular weight excluding hydrogens is 396 g/mol. The minimum Gasteiger partial charge on any atom is -0.849 e. The maximum Gasteiger partial charge on any atom is 0.0412 e. The van der Waals surface area contributed by atoms with Crippen LogP contribution < -0.4 is 20.0 Å². The van der Waals surface area contributed by atoms with Gasteiger partial charge in [0.15, 0.2) is 0 Å². The van der Waals surface area contributed by atoms with Crippen molar-refractivity contribution in [2.75, 3.05) is 9.80 Å². The van der Waals surface area contributed by atoms with Crippen LogP contribution in [-0.2, 0) is 0 Å². The first-order chi connectivity index (χ1) is 15.8. The Morgan fingerprint density at radius 3 is 0.812 bits per heavy atom. The first-order valence-corrected chi connectivity index (χ1v) is 10.9. The Morgan fingerprint density at radius 2 is 0.594 bits per heavy atom. The Morgan fingerprint density at radius 1 is 0.375 bits per heavy atom. The zero-order chi connectivity index (χ0) is 21.9. The molecule has 160 valence electrons. The summed E-state index contributed by atoms with van der Waals surface area (Å²) >= 11 is 0. The molecule has 0 amide bonds. The smallest absolute Gasteiger partial charge is 0.0412 e. The molecule has 5 rings (SSSR count). The lowest BCUT2D eigenvalue weighted by Gasteiger charge is -2.67. The van der Waals surface area contributed by atoms with Gasteiger partial charge in [0.1, 0.15) is 0 Å². The molecule has 1 saturated carbocycles. The highest BCUT2D eigenvalue weighted by Crippen LogP contribution is 2.41. The van der Waals surface area contributed by atoms with Gasteiger partial charge >= 0.3 is 0 Å². The van der Waals surface area contributed by atoms with Gasteiger partial charge in [0.25, 0.3) is 0 Å². The molecule has 0 N–H and O–H groups in total. The van der Waals surface area contributed by atoms with Gasteiger partial charge in [-0.25, -0.2) is 0 Å². The van der Waals surface area contributed by atoms with Gasteiger partial charge in [-0.15, -0.1) is 0 Å². The van der Waals surface area contributed by atoms with E-state index in [1.807, 2.05) is 131 Å². The molecular formula is C28H24N2O2-2. The van der Waals surface area contributed by atoms with E-state index in [0.29, 0.717) is 0 Å². The zero-order valence-corrected chi connectivity index (χ0v) is 17.6. The van der Waals surface area contributed by atoms with Crippen molar-refractivity contribution in [1.82, 2.24) is 0 Å². The largest absolute Gasteiger partial charge is 0.849 e. The second kappa shape index (κ2) is 8.87. The Kier molecular flexibility index (Phi) is 5.63. The molecule has 0 spiro atoms. The SMILES string of the molecule is [O-]C1C(N(c2ccccc2)c2ccccc2)C([O-])C1N(c1ccccc1)c1ccccc1. The summed E-state index contributed by atoms with van der Waals surface area (Å²) in [4.78, 5) is 3.83. The third kappa shape index (κ3) is 3.64. The summed E-state index contributed by atoms with van der Waals surface area (Å²) < 4.78 is 0. The minimum absolute atomic E-state index is 0.695. The second-order valence-electron chi connectivity index (χ2n) is 7.99. The average molecular weight is 421 g/mol. The normalized spacial score (nSPS) is 22.1. The molecule has 4 heteroatoms. The molecule has 0 saturated heterocycles. The first kappa shape index (κ1) is 20.3. The molecule has 0 atom stereocenters. The van der Waals surface area contributed by atoms with Gasteiger partial charge in [-0.05, 0) is 48.5 Å². The number of nitrogens with zero attached hydrogens (tertiary/aromatic N) is 2. The molecule has 0 heterocycles. The average Bonchev–Trinajstić information content (AvgIpc) is 2.87. The predicted octanol–water partition coefficient (Wildman–Crippen LogP) is 3.87. The van der Waals surface area contributed by atoms with Gasteiger partial charge in [-0.2, -0.15) is 0 Å². The fourth-order valence-corrected chi connectivity index (χ4v) is 4.56. The van der Waals surface area contributed by atoms with E-state index in [4.69, 9.17) is 0 Å². The summed E-state index contributed by atoms with van der Waals surface area (Å²) in [5.74, 6) is 0. The van der Waals surface area contributed by atoms with Crippen LogP contribution >= 0.6 is 0 Å². The number of para-hydroxylation sites is 4. The van der Waals surface area contributed by atoms with Gasteiger partial charge < -0.3 is 20.0 Å². The lowest BCUT2D eigenvalue weighted by Crippen LogP contribution is -2.81. The lowest BCUT2D eigenvalue weighted by molar-refractivity contribution is -0.529. The van der Waals surface area contributed by atoms with E-state index in [0.717, 1.165) is 22.7 Å². The third-order valence-corrected chi connectivity index (χ3v) is 6.08. The maximum absolute atomic E-state index is 13.7. The molecule has 4 aromatic rings. The molecule has 4 nitrogen and oxygen atoms in total. The van der Waals surface area contributed by atoms with Crippen LogP contribution in [0.3, 0.4) is 0 Å². The van der Waals surface area contributed by atoms with Crippen molar-refractivity contribution < 1.29 is 10.2 Å². The summed E-state index contributed by atoms with van der Waals surface area (Å²) in [5.41, 5.74) is 3.43. The van der Waals surface area contributed by atoms with Crippen LogP contribution in [0.4, 0.5) is 22.7 Å². The van der Waals surface area contributed by atoms with Crippen LogP contribution in [0.15, 0.2) is 121 Å². The number of hydrogen-bond acceptors (Lipinski definition) is 4. The predicted molar refractivity (Wildman–Crippen MR) is 125 cm³/mol. The van der Waals surface area contributed by atoms with Crippen LogP contribution in [-0.4, -0.2) is 24.3 Å². The van der Waals surface area contributed by atoms with E-state index in [9.17, 15) is 10.2 Å². The number of hydrogen-bond donors (Lipinski definition) is 0. The standard InChI is InChI=1S/C28H24N2O2/c31-27-25(29(21-13-5-1-6-14-21)22-15-7-2-8-16-22)28(32)26(27)30(23-17-9-3-10-18-23)24-19-11-4-12-20-24/h1-20,25-28H/q-2. The van der Waals surface area contributed by atoms with Gasteiger partial charge in [0.05, 0.1) is 0 Å². The highest BCUT2D eigenvalue weighted by molar-refractivity contribution is 5.69. The van der Waals surface area contributed by atoms with E-state index in [-0.39, 0.29) is 0 Å². The Labute approximate surface area is 188 Å². The molecule has 0 bridgehead atoms. The van der Waals surface area contributed by atoms with Gasteiger partial charge in [-0.3, -0.25) is 0 Å². The zero-order valence-electron chi connectivity index (χ0n) is 17.6. The van der Waals surface area contributed by atoms with Crippen LogP contribution in [0.5, 0.6) is 0 Å². The maximum atomic E-state index is 13.7. The van der Waals surface area contributed by atoms with Gasteiger partial charge in [-0.1, -0.05) is 85.0 Å². The summed E-state index contributed by atoms with van der Waals surface area (Å²) in [7, 11) is 0. The molecule has 1 fully saturated rings. The Balaban J connectivity index is 1.53. The van der Waals surface area contributed by atoms with Crippen LogP contribution in [0.25, 0.3) is 0 Å². The van der Waals surface area contributed by atoms with Crippen LogP contribution in [0.1, 0.15) is 0 Å². The lowest BCUT2D eigenvalue weighted by atomic mass is 9.76. The molecule has 4 aromatic carbocycles. The molecule has 1 aliphatic carbocycles. The third-order valence-electron chi connectivity index (χ3n) is 6.08. The summed E-state index contributed by atoms with van der Waals surface area (Å²) in [5, 5.41) is 27.5. The van der Waals surface area contributed by atoms with Crippen molar-refractivity contribution in [1.29, 1.82) is 0 Å². The van der Waals surface area contributed by atoms with Gasteiger partial charge in [0.2, 0.25) is 0 Å². The van der Waals surface area contributed by atoms with Gasteiger partial charge in [0, 0.05) is 34.8 Å². The van der Waals surface area contributed by atoms with E-state index >= 15 is 0 Å². The molecule has 0 aromatic heterocycles. The molecule has 32 heavy (non-hydrogen) atoms. The van der Waals surface area contributed by atoms with Crippen molar-refractivity contribution in [2.24, 2.45) is 0 Å². The van der Waals surface area contributed by atoms with E-state index in [1.165, 1.54) is 0 Å². The van der Waals surface area contributed by atoms with Crippen molar-refractivity contribution in [3.63, 3.8) is 0 Å². The fraction of sp³-hybridized carbons (Fsp3) is 0.143. The monoisotopic (exact) mass is 420 g/mol. The summed E-state index contributed by atoms with van der Waals surface area (Å²) in [6.07, 6.45) is -2.17. The van der Waals surface area contributed by atoms with Crippen molar-refractivity contribution in [3.05, 3.63) is 121 Å². The van der Waals surface area contributed by atoms with Crippen LogP contribution in [0, 0.1) is 0 Å². The number of rotatable bonds is 6. The molecule has 0 radical (unpaired) electrons. The fourth-order valence-electron chi connectivity index (χ4n) is 4.56. The molecule has 0 aliphatic heterocycles. The number of anilines is 4. The summed E-state index contributed by atoms with van der Waals surface area (Å²) in [6.45, 7) is 0. The highest BCUT2D eigenvalue weighted by atomic mass is 16.3. The first-order valence-electron chi connectivity index (χ1n) is 10.9. The molecule has 0 unspecified atom stereocenters. The van der Waals surface area contributed by atoms with E-state index in [1.54, 1.807) is 0 Å².